The van der Waals surface area contributed by atoms with Crippen LogP contribution < -0.4 is 4.90 Å². The molecule has 9 aromatic rings. The zero-order chi connectivity index (χ0) is 38.3. The van der Waals surface area contributed by atoms with Crippen molar-refractivity contribution in [1.82, 2.24) is 0 Å². The van der Waals surface area contributed by atoms with Crippen LogP contribution in [0.2, 0.25) is 0 Å². The zero-order valence-electron chi connectivity index (χ0n) is 32.7. The van der Waals surface area contributed by atoms with Crippen molar-refractivity contribution in [2.75, 3.05) is 4.90 Å². The van der Waals surface area contributed by atoms with Crippen LogP contribution in [0.15, 0.2) is 165 Å². The van der Waals surface area contributed by atoms with Crippen LogP contribution in [0.1, 0.15) is 33.2 Å². The summed E-state index contributed by atoms with van der Waals surface area (Å²) in [5.41, 5.74) is 9.06. The van der Waals surface area contributed by atoms with E-state index in [2.05, 4.69) is 102 Å². The van der Waals surface area contributed by atoms with Gasteiger partial charge in [0.05, 0.1) is 12.5 Å². The van der Waals surface area contributed by atoms with Crippen LogP contribution in [0.3, 0.4) is 0 Å². The Balaban J connectivity index is 1.29. The van der Waals surface area contributed by atoms with Gasteiger partial charge in [-0.3, -0.25) is 0 Å². The lowest BCUT2D eigenvalue weighted by molar-refractivity contribution is 0.590. The minimum Gasteiger partial charge on any atom is -0.456 e. The molecule has 0 unspecified atom stereocenters. The first-order valence-corrected chi connectivity index (χ1v) is 17.3. The van der Waals surface area contributed by atoms with E-state index in [4.69, 9.17) is 15.7 Å². The maximum atomic E-state index is 8.73. The summed E-state index contributed by atoms with van der Waals surface area (Å²) in [5.74, 6) is 0. The monoisotopic (exact) mass is 716 g/mol. The van der Waals surface area contributed by atoms with E-state index in [0.717, 1.165) is 76.5 Å². The van der Waals surface area contributed by atoms with Crippen molar-refractivity contribution in [3.8, 4) is 22.3 Å². The molecule has 0 bridgehead atoms. The Hall–Kier alpha value is -5.58. The number of para-hydroxylation sites is 3. The SMILES string of the molecule is [2H]c1c([2H])c([2H])c(-c2cccc(N(c3cc(Br)cc(C(C)(C)C)c3)c3cccc4c3oc3c(-c5ccc6oc7ccccc7c6c5)cccc34)c2)c([2H])c1[2H]. The molecule has 4 heteroatoms. The summed E-state index contributed by atoms with van der Waals surface area (Å²) in [7, 11) is 0. The third-order valence-electron chi connectivity index (χ3n) is 9.33. The Morgan fingerprint density at radius 3 is 2.14 bits per heavy atom. The van der Waals surface area contributed by atoms with E-state index in [1.54, 1.807) is 6.07 Å². The highest BCUT2D eigenvalue weighted by molar-refractivity contribution is 9.10. The molecule has 0 aliphatic heterocycles. The highest BCUT2D eigenvalue weighted by atomic mass is 79.9. The van der Waals surface area contributed by atoms with Crippen LogP contribution in [0, 0.1) is 0 Å². The van der Waals surface area contributed by atoms with Gasteiger partial charge in [-0.25, -0.2) is 0 Å². The first-order valence-electron chi connectivity index (χ1n) is 19.0. The highest BCUT2D eigenvalue weighted by Crippen LogP contribution is 2.46. The molecule has 0 aliphatic carbocycles. The number of rotatable bonds is 5. The number of benzene rings is 7. The minimum absolute atomic E-state index is 0.145. The van der Waals surface area contributed by atoms with E-state index < -0.39 is 6.04 Å². The number of hydrogen-bond donors (Lipinski definition) is 0. The Kier molecular flexibility index (Phi) is 5.99. The summed E-state index contributed by atoms with van der Waals surface area (Å²) < 4.78 is 56.3. The smallest absolute Gasteiger partial charge is 0.159 e. The summed E-state index contributed by atoms with van der Waals surface area (Å²) in [6, 6.07) is 38.8. The van der Waals surface area contributed by atoms with Gasteiger partial charge in [-0.1, -0.05) is 134 Å². The Bertz CT molecular complexity index is 2980. The Morgan fingerprint density at radius 1 is 0.560 bits per heavy atom. The molecule has 50 heavy (non-hydrogen) atoms. The van der Waals surface area contributed by atoms with E-state index >= 15 is 0 Å². The second-order valence-corrected chi connectivity index (χ2v) is 14.5. The fraction of sp³-hybridized carbons (Fsp3) is 0.0870. The highest BCUT2D eigenvalue weighted by Gasteiger charge is 2.24. The summed E-state index contributed by atoms with van der Waals surface area (Å²) in [6.07, 6.45) is 0. The van der Waals surface area contributed by atoms with E-state index in [0.29, 0.717) is 11.1 Å². The van der Waals surface area contributed by atoms with Gasteiger partial charge < -0.3 is 13.7 Å². The molecular formula is C46H34BrNO2. The summed E-state index contributed by atoms with van der Waals surface area (Å²) in [5, 5.41) is 4.02. The van der Waals surface area contributed by atoms with Gasteiger partial charge in [-0.05, 0) is 82.3 Å². The number of nitrogens with zero attached hydrogens (tertiary/aromatic N) is 1. The molecule has 0 N–H and O–H groups in total. The molecule has 0 amide bonds. The Morgan fingerprint density at radius 2 is 1.30 bits per heavy atom. The van der Waals surface area contributed by atoms with Crippen molar-refractivity contribution >= 4 is 76.9 Å². The molecule has 2 heterocycles. The van der Waals surface area contributed by atoms with Gasteiger partial charge in [0.2, 0.25) is 0 Å². The van der Waals surface area contributed by atoms with Crippen molar-refractivity contribution in [3.63, 3.8) is 0 Å². The third kappa shape index (κ3) is 5.19. The topological polar surface area (TPSA) is 29.5 Å². The average Bonchev–Trinajstić information content (AvgIpc) is 3.75. The third-order valence-corrected chi connectivity index (χ3v) is 9.79. The van der Waals surface area contributed by atoms with Gasteiger partial charge in [-0.2, -0.15) is 0 Å². The molecule has 9 rings (SSSR count). The lowest BCUT2D eigenvalue weighted by atomic mass is 9.87. The molecule has 0 radical (unpaired) electrons. The normalized spacial score (nSPS) is 13.4. The molecular weight excluding hydrogens is 678 g/mol. The summed E-state index contributed by atoms with van der Waals surface area (Å²) >= 11 is 3.79. The summed E-state index contributed by atoms with van der Waals surface area (Å²) in [6.45, 7) is 6.52. The van der Waals surface area contributed by atoms with Crippen molar-refractivity contribution in [2.45, 2.75) is 26.2 Å². The zero-order valence-corrected chi connectivity index (χ0v) is 29.3. The molecule has 0 aliphatic rings. The van der Waals surface area contributed by atoms with Gasteiger partial charge >= 0.3 is 0 Å². The fourth-order valence-electron chi connectivity index (χ4n) is 6.86. The minimum atomic E-state index is -0.422. The van der Waals surface area contributed by atoms with Crippen LogP contribution in [0.4, 0.5) is 17.1 Å². The van der Waals surface area contributed by atoms with Gasteiger partial charge in [0.15, 0.2) is 5.58 Å². The predicted octanol–water partition coefficient (Wildman–Crippen LogP) is 14.3. The second kappa shape index (κ2) is 11.8. The van der Waals surface area contributed by atoms with Gasteiger partial charge in [0.25, 0.3) is 0 Å². The fourth-order valence-corrected chi connectivity index (χ4v) is 7.34. The number of furan rings is 2. The van der Waals surface area contributed by atoms with Crippen molar-refractivity contribution in [1.29, 1.82) is 0 Å². The molecule has 3 nitrogen and oxygen atoms in total. The molecule has 0 fully saturated rings. The Labute approximate surface area is 306 Å². The van der Waals surface area contributed by atoms with Crippen LogP contribution in [0.5, 0.6) is 0 Å². The van der Waals surface area contributed by atoms with E-state index in [9.17, 15) is 0 Å². The number of hydrogen-bond acceptors (Lipinski definition) is 3. The van der Waals surface area contributed by atoms with Crippen molar-refractivity contribution in [2.24, 2.45) is 0 Å². The standard InChI is InChI=1S/C46H34BrNO2/c1-46(2,3)32-26-33(47)28-35(27-32)48(34-15-9-14-30(24-34)29-12-5-4-6-13-29)41-20-11-19-39-38-18-10-17-36(44(38)50-45(39)41)31-22-23-43-40(25-31)37-16-7-8-21-42(37)49-43/h4-28H,1-3H3/i4D,5D,6D,12D,13D. The summed E-state index contributed by atoms with van der Waals surface area (Å²) in [4.78, 5) is 2.12. The first kappa shape index (κ1) is 25.4. The van der Waals surface area contributed by atoms with Gasteiger partial charge in [0, 0.05) is 43.0 Å². The first-order chi connectivity index (χ1) is 26.4. The molecule has 0 spiro atoms. The van der Waals surface area contributed by atoms with Crippen LogP contribution in [-0.2, 0) is 5.41 Å². The van der Waals surface area contributed by atoms with E-state index in [1.807, 2.05) is 54.6 Å². The van der Waals surface area contributed by atoms with Crippen molar-refractivity contribution in [3.05, 3.63) is 162 Å². The van der Waals surface area contributed by atoms with E-state index in [1.165, 1.54) is 0 Å². The molecule has 2 aromatic heterocycles. The molecule has 0 saturated carbocycles. The number of anilines is 3. The lowest BCUT2D eigenvalue weighted by Crippen LogP contribution is -2.15. The quantitative estimate of drug-likeness (QED) is 0.178. The average molecular weight is 718 g/mol. The van der Waals surface area contributed by atoms with E-state index in [-0.39, 0.29) is 35.1 Å². The van der Waals surface area contributed by atoms with Crippen LogP contribution in [0.25, 0.3) is 66.1 Å². The maximum Gasteiger partial charge on any atom is 0.159 e. The number of fused-ring (bicyclic) bond motifs is 6. The second-order valence-electron chi connectivity index (χ2n) is 13.6. The molecule has 0 atom stereocenters. The number of halogens is 1. The maximum absolute atomic E-state index is 8.73. The molecule has 0 saturated heterocycles. The van der Waals surface area contributed by atoms with Crippen LogP contribution in [-0.4, -0.2) is 0 Å². The van der Waals surface area contributed by atoms with Gasteiger partial charge in [-0.15, -0.1) is 0 Å². The lowest BCUT2D eigenvalue weighted by Gasteiger charge is -2.28. The molecule has 7 aromatic carbocycles. The van der Waals surface area contributed by atoms with Gasteiger partial charge in [0.1, 0.15) is 16.7 Å². The molecule has 242 valence electrons. The largest absolute Gasteiger partial charge is 0.456 e. The van der Waals surface area contributed by atoms with Crippen LogP contribution >= 0.6 is 15.9 Å². The van der Waals surface area contributed by atoms with Crippen molar-refractivity contribution < 1.29 is 15.7 Å². The predicted molar refractivity (Wildman–Crippen MR) is 213 cm³/mol.